The van der Waals surface area contributed by atoms with Crippen molar-refractivity contribution in [1.82, 2.24) is 10.2 Å². The first-order chi connectivity index (χ1) is 18.1. The van der Waals surface area contributed by atoms with E-state index in [1.165, 1.54) is 42.3 Å². The van der Waals surface area contributed by atoms with Crippen LogP contribution in [0.3, 0.4) is 0 Å². The summed E-state index contributed by atoms with van der Waals surface area (Å²) in [6.07, 6.45) is 0. The number of carbonyl (C=O) groups excluding carboxylic acids is 2. The van der Waals surface area contributed by atoms with Crippen LogP contribution in [0.1, 0.15) is 19.4 Å². The van der Waals surface area contributed by atoms with Crippen LogP contribution in [0.25, 0.3) is 0 Å². The third kappa shape index (κ3) is 7.18. The molecule has 2 amide bonds. The van der Waals surface area contributed by atoms with Crippen LogP contribution in [0, 0.1) is 0 Å². The summed E-state index contributed by atoms with van der Waals surface area (Å²) >= 11 is 12.2. The molecule has 0 aliphatic rings. The van der Waals surface area contributed by atoms with E-state index < -0.39 is 28.5 Å². The normalized spacial score (nSPS) is 11.9. The average molecular weight is 579 g/mol. The lowest BCUT2D eigenvalue weighted by Gasteiger charge is -2.32. The molecule has 0 spiro atoms. The summed E-state index contributed by atoms with van der Waals surface area (Å²) in [5, 5.41) is 3.55. The van der Waals surface area contributed by atoms with E-state index in [9.17, 15) is 18.0 Å². The van der Waals surface area contributed by atoms with E-state index in [2.05, 4.69) is 5.32 Å². The molecule has 202 valence electrons. The van der Waals surface area contributed by atoms with Crippen LogP contribution in [0.5, 0.6) is 5.75 Å². The molecule has 1 atom stereocenters. The summed E-state index contributed by atoms with van der Waals surface area (Å²) in [4.78, 5) is 27.8. The molecule has 8 nitrogen and oxygen atoms in total. The summed E-state index contributed by atoms with van der Waals surface area (Å²) in [7, 11) is -2.73. The highest BCUT2D eigenvalue weighted by molar-refractivity contribution is 7.92. The number of anilines is 1. The van der Waals surface area contributed by atoms with Gasteiger partial charge in [0.25, 0.3) is 10.0 Å². The molecule has 0 saturated carbocycles. The van der Waals surface area contributed by atoms with Crippen LogP contribution in [0.4, 0.5) is 5.69 Å². The number of benzene rings is 3. The topological polar surface area (TPSA) is 96.0 Å². The first-order valence-corrected chi connectivity index (χ1v) is 14.0. The number of likely N-dealkylation sites (N-methyl/N-ethyl adjacent to an activating group) is 1. The van der Waals surface area contributed by atoms with Crippen LogP contribution in [0.15, 0.2) is 77.7 Å². The number of nitrogens with one attached hydrogen (secondary N) is 1. The van der Waals surface area contributed by atoms with Gasteiger partial charge in [-0.25, -0.2) is 8.42 Å². The molecule has 0 fully saturated rings. The summed E-state index contributed by atoms with van der Waals surface area (Å²) < 4.78 is 33.7. The Balaban J connectivity index is 2.02. The molecule has 3 aromatic rings. The molecule has 1 N–H and O–H groups in total. The van der Waals surface area contributed by atoms with E-state index in [-0.39, 0.29) is 23.0 Å². The van der Waals surface area contributed by atoms with Gasteiger partial charge < -0.3 is 15.0 Å². The number of carbonyl (C=O) groups is 2. The minimum absolute atomic E-state index is 0.0351. The lowest BCUT2D eigenvalue weighted by atomic mass is 10.1. The average Bonchev–Trinajstić information content (AvgIpc) is 2.91. The molecule has 0 aliphatic heterocycles. The second-order valence-corrected chi connectivity index (χ2v) is 11.1. The molecule has 3 rings (SSSR count). The molecule has 11 heteroatoms. The number of ether oxygens (including phenoxy) is 1. The van der Waals surface area contributed by atoms with Gasteiger partial charge in [-0.3, -0.25) is 13.9 Å². The SMILES string of the molecule is CCNC(=O)[C@@H](C)N(Cc1ccc(Cl)cc1)C(=O)CN(c1cccc(Cl)c1)S(=O)(=O)c1ccc(OC)cc1. The lowest BCUT2D eigenvalue weighted by molar-refractivity contribution is -0.139. The van der Waals surface area contributed by atoms with Gasteiger partial charge in [-0.2, -0.15) is 0 Å². The molecule has 0 bridgehead atoms. The number of sulfonamides is 1. The largest absolute Gasteiger partial charge is 0.497 e. The van der Waals surface area contributed by atoms with Gasteiger partial charge in [-0.15, -0.1) is 0 Å². The van der Waals surface area contributed by atoms with Crippen molar-refractivity contribution < 1.29 is 22.7 Å². The summed E-state index contributed by atoms with van der Waals surface area (Å²) in [5.74, 6) is -0.447. The summed E-state index contributed by atoms with van der Waals surface area (Å²) in [6, 6.07) is 18.1. The number of nitrogens with zero attached hydrogens (tertiary/aromatic N) is 2. The highest BCUT2D eigenvalue weighted by atomic mass is 35.5. The second-order valence-electron chi connectivity index (χ2n) is 8.39. The van der Waals surface area contributed by atoms with Crippen molar-refractivity contribution in [3.05, 3.63) is 88.4 Å². The van der Waals surface area contributed by atoms with Gasteiger partial charge in [0.1, 0.15) is 18.3 Å². The predicted molar refractivity (Wildman–Crippen MR) is 149 cm³/mol. The van der Waals surface area contributed by atoms with E-state index in [4.69, 9.17) is 27.9 Å². The number of amides is 2. The van der Waals surface area contributed by atoms with Gasteiger partial charge in [-0.1, -0.05) is 41.4 Å². The Bertz CT molecular complexity index is 1370. The van der Waals surface area contributed by atoms with Gasteiger partial charge in [0.15, 0.2) is 0 Å². The van der Waals surface area contributed by atoms with Crippen LogP contribution >= 0.6 is 23.2 Å². The summed E-state index contributed by atoms with van der Waals surface area (Å²) in [5.41, 5.74) is 0.935. The van der Waals surface area contributed by atoms with Crippen LogP contribution in [-0.2, 0) is 26.2 Å². The van der Waals surface area contributed by atoms with Crippen molar-refractivity contribution in [1.29, 1.82) is 0 Å². The maximum atomic E-state index is 13.8. The van der Waals surface area contributed by atoms with Crippen molar-refractivity contribution in [3.8, 4) is 5.75 Å². The smallest absolute Gasteiger partial charge is 0.264 e. The number of hydrogen-bond donors (Lipinski definition) is 1. The fourth-order valence-corrected chi connectivity index (χ4v) is 5.44. The Morgan fingerprint density at radius 1 is 0.974 bits per heavy atom. The molecule has 0 saturated heterocycles. The summed E-state index contributed by atoms with van der Waals surface area (Å²) in [6.45, 7) is 3.26. The predicted octanol–water partition coefficient (Wildman–Crippen LogP) is 4.75. The van der Waals surface area contributed by atoms with Crippen molar-refractivity contribution >= 4 is 50.7 Å². The van der Waals surface area contributed by atoms with Crippen molar-refractivity contribution in [2.45, 2.75) is 31.3 Å². The Kier molecular flexibility index (Phi) is 10.0. The number of hydrogen-bond acceptors (Lipinski definition) is 5. The van der Waals surface area contributed by atoms with Gasteiger partial charge in [-0.05, 0) is 74.0 Å². The lowest BCUT2D eigenvalue weighted by Crippen LogP contribution is -2.51. The molecule has 0 aliphatic carbocycles. The quantitative estimate of drug-likeness (QED) is 0.354. The minimum Gasteiger partial charge on any atom is -0.497 e. The molecule has 0 radical (unpaired) electrons. The standard InChI is InChI=1S/C27H29Cl2N3O5S/c1-4-30-27(34)19(2)31(17-20-8-10-21(28)11-9-20)26(33)18-32(23-7-5-6-22(29)16-23)38(35,36)25-14-12-24(37-3)13-15-25/h5-16,19H,4,17-18H2,1-3H3,(H,30,34)/t19-/m1/s1. The third-order valence-electron chi connectivity index (χ3n) is 5.81. The number of methoxy groups -OCH3 is 1. The maximum absolute atomic E-state index is 13.8. The van der Waals surface area contributed by atoms with E-state index in [0.717, 1.165) is 9.87 Å². The van der Waals surface area contributed by atoms with Gasteiger partial charge in [0, 0.05) is 23.1 Å². The Labute approximate surface area is 233 Å². The van der Waals surface area contributed by atoms with E-state index in [1.807, 2.05) is 0 Å². The van der Waals surface area contributed by atoms with Gasteiger partial charge in [0.05, 0.1) is 17.7 Å². The first-order valence-electron chi connectivity index (χ1n) is 11.8. The molecular formula is C27H29Cl2N3O5S. The third-order valence-corrected chi connectivity index (χ3v) is 8.08. The van der Waals surface area contributed by atoms with Gasteiger partial charge >= 0.3 is 0 Å². The van der Waals surface area contributed by atoms with Crippen LogP contribution in [0.2, 0.25) is 10.0 Å². The van der Waals surface area contributed by atoms with Crippen LogP contribution in [-0.4, -0.2) is 51.4 Å². The molecular weight excluding hydrogens is 549 g/mol. The zero-order chi connectivity index (χ0) is 27.9. The molecule has 0 unspecified atom stereocenters. The van der Waals surface area contributed by atoms with E-state index in [0.29, 0.717) is 22.3 Å². The van der Waals surface area contributed by atoms with Crippen molar-refractivity contribution in [2.24, 2.45) is 0 Å². The monoisotopic (exact) mass is 577 g/mol. The zero-order valence-corrected chi connectivity index (χ0v) is 23.6. The molecule has 0 aromatic heterocycles. The Morgan fingerprint density at radius 3 is 2.21 bits per heavy atom. The minimum atomic E-state index is -4.21. The Hall–Kier alpha value is -3.27. The first kappa shape index (κ1) is 29.3. The molecule has 0 heterocycles. The Morgan fingerprint density at radius 2 is 1.63 bits per heavy atom. The number of rotatable bonds is 11. The highest BCUT2D eigenvalue weighted by Gasteiger charge is 2.32. The fourth-order valence-electron chi connectivity index (χ4n) is 3.73. The fraction of sp³-hybridized carbons (Fsp3) is 0.259. The van der Waals surface area contributed by atoms with E-state index >= 15 is 0 Å². The zero-order valence-electron chi connectivity index (χ0n) is 21.2. The van der Waals surface area contributed by atoms with Crippen molar-refractivity contribution in [2.75, 3.05) is 24.5 Å². The van der Waals surface area contributed by atoms with Crippen molar-refractivity contribution in [3.63, 3.8) is 0 Å². The highest BCUT2D eigenvalue weighted by Crippen LogP contribution is 2.28. The maximum Gasteiger partial charge on any atom is 0.264 e. The van der Waals surface area contributed by atoms with Gasteiger partial charge in [0.2, 0.25) is 11.8 Å². The second kappa shape index (κ2) is 13.0. The molecule has 38 heavy (non-hydrogen) atoms. The van der Waals surface area contributed by atoms with E-state index in [1.54, 1.807) is 56.3 Å². The molecule has 3 aromatic carbocycles. The van der Waals surface area contributed by atoms with Crippen LogP contribution < -0.4 is 14.4 Å². The number of halogens is 2.